The van der Waals surface area contributed by atoms with Gasteiger partial charge in [-0.15, -0.1) is 0 Å². The van der Waals surface area contributed by atoms with Gasteiger partial charge in [0.05, 0.1) is 20.7 Å². The van der Waals surface area contributed by atoms with E-state index in [0.717, 1.165) is 12.8 Å². The molecule has 1 unspecified atom stereocenters. The monoisotopic (exact) mass is 114 g/mol. The molecule has 0 saturated carbocycles. The first-order chi connectivity index (χ1) is 3.41. The smallest absolute Gasteiger partial charge is 0.0803 e. The van der Waals surface area contributed by atoms with Crippen LogP contribution in [0.25, 0.3) is 0 Å². The first kappa shape index (κ1) is 6.66. The Kier molecular flexibility index (Phi) is 5.39. The van der Waals surface area contributed by atoms with Gasteiger partial charge in [0.2, 0.25) is 0 Å². The molecule has 1 atom stereocenters. The van der Waals surface area contributed by atoms with Gasteiger partial charge in [-0.2, -0.15) is 5.26 Å². The van der Waals surface area contributed by atoms with Gasteiger partial charge in [0.25, 0.3) is 0 Å². The van der Waals surface area contributed by atoms with Crippen LogP contribution < -0.4 is 0 Å². The van der Waals surface area contributed by atoms with Crippen LogP contribution in [-0.4, -0.2) is 5.80 Å². The van der Waals surface area contributed by atoms with Gasteiger partial charge in [-0.05, 0) is 6.42 Å². The lowest BCUT2D eigenvalue weighted by Gasteiger charge is -1.76. The minimum absolute atomic E-state index is 0.685. The molecular formula is C5H9NP+. The standard InChI is InChI=1S/C5H8NP/c6-4-2-1-3-5-7/h5,7H,1-3H2/p+1. The van der Waals surface area contributed by atoms with Gasteiger partial charge in [-0.3, -0.25) is 0 Å². The van der Waals surface area contributed by atoms with Gasteiger partial charge in [0.1, 0.15) is 0 Å². The van der Waals surface area contributed by atoms with Crippen LogP contribution in [-0.2, 0) is 0 Å². The molecule has 0 rings (SSSR count). The number of rotatable bonds is 3. The fourth-order valence-electron chi connectivity index (χ4n) is 0.299. The van der Waals surface area contributed by atoms with E-state index in [0.29, 0.717) is 6.42 Å². The SMILES string of the molecule is N#CCCCC=[PH2+]. The zero-order valence-corrected chi connectivity index (χ0v) is 5.38. The highest BCUT2D eigenvalue weighted by Crippen LogP contribution is 1.89. The Labute approximate surface area is 46.2 Å². The second-order valence-corrected chi connectivity index (χ2v) is 1.76. The molecule has 7 heavy (non-hydrogen) atoms. The molecule has 0 amide bonds. The molecule has 0 heterocycles. The second-order valence-electron chi connectivity index (χ2n) is 1.29. The average molecular weight is 114 g/mol. The zero-order valence-electron chi connectivity index (χ0n) is 4.22. The summed E-state index contributed by atoms with van der Waals surface area (Å²) >= 11 is 0. The lowest BCUT2D eigenvalue weighted by molar-refractivity contribution is 0.918. The highest BCUT2D eigenvalue weighted by atomic mass is 31.0. The Balaban J connectivity index is 2.72. The normalized spacial score (nSPS) is 7.29. The van der Waals surface area contributed by atoms with Crippen LogP contribution in [0, 0.1) is 11.3 Å². The van der Waals surface area contributed by atoms with Crippen molar-refractivity contribution in [1.29, 1.82) is 5.26 Å². The number of hydrogen-bond donors (Lipinski definition) is 0. The summed E-state index contributed by atoms with van der Waals surface area (Å²) in [6, 6.07) is 2.07. The maximum Gasteiger partial charge on any atom is 0.0803 e. The van der Waals surface area contributed by atoms with E-state index in [1.807, 2.05) is 5.80 Å². The molecule has 2 heteroatoms. The van der Waals surface area contributed by atoms with Crippen molar-refractivity contribution < 1.29 is 0 Å². The van der Waals surface area contributed by atoms with E-state index in [2.05, 4.69) is 14.9 Å². The highest BCUT2D eigenvalue weighted by molar-refractivity contribution is 7.18. The molecule has 0 aliphatic heterocycles. The van der Waals surface area contributed by atoms with Gasteiger partial charge in [0, 0.05) is 12.8 Å². The molecule has 1 nitrogen and oxygen atoms in total. The first-order valence-corrected chi connectivity index (χ1v) is 2.99. The summed E-state index contributed by atoms with van der Waals surface area (Å²) in [5, 5.41) is 8.02. The molecule has 0 aliphatic carbocycles. The molecule has 0 fully saturated rings. The quantitative estimate of drug-likeness (QED) is 0.401. The molecule has 0 spiro atoms. The summed E-state index contributed by atoms with van der Waals surface area (Å²) in [7, 11) is 2.52. The number of hydrogen-bond acceptors (Lipinski definition) is 1. The van der Waals surface area contributed by atoms with E-state index >= 15 is 0 Å². The third-order valence-corrected chi connectivity index (χ3v) is 0.993. The maximum absolute atomic E-state index is 8.02. The number of unbranched alkanes of at least 4 members (excludes halogenated alkanes) is 2. The Bertz CT molecular complexity index is 82.6. The fraction of sp³-hybridized carbons (Fsp3) is 0.600. The summed E-state index contributed by atoms with van der Waals surface area (Å²) in [4.78, 5) is 0. The lowest BCUT2D eigenvalue weighted by Crippen LogP contribution is -1.69. The number of nitriles is 1. The summed E-state index contributed by atoms with van der Waals surface area (Å²) in [5.41, 5.74) is 0. The fourth-order valence-corrected chi connectivity index (χ4v) is 0.535. The topological polar surface area (TPSA) is 23.8 Å². The van der Waals surface area contributed by atoms with E-state index in [9.17, 15) is 0 Å². The molecule has 0 aromatic carbocycles. The largest absolute Gasteiger partial charge is 0.198 e. The second kappa shape index (κ2) is 5.66. The van der Waals surface area contributed by atoms with Crippen molar-refractivity contribution >= 4 is 14.7 Å². The van der Waals surface area contributed by atoms with Crippen molar-refractivity contribution in [2.75, 3.05) is 0 Å². The van der Waals surface area contributed by atoms with Crippen molar-refractivity contribution in [3.63, 3.8) is 0 Å². The van der Waals surface area contributed by atoms with Crippen LogP contribution in [0.3, 0.4) is 0 Å². The zero-order chi connectivity index (χ0) is 5.54. The molecule has 0 aliphatic rings. The van der Waals surface area contributed by atoms with Crippen LogP contribution in [0.15, 0.2) is 0 Å². The van der Waals surface area contributed by atoms with E-state index in [4.69, 9.17) is 5.26 Å². The van der Waals surface area contributed by atoms with Gasteiger partial charge in [0.15, 0.2) is 0 Å². The summed E-state index contributed by atoms with van der Waals surface area (Å²) in [6.07, 6.45) is 2.73. The van der Waals surface area contributed by atoms with Gasteiger partial charge in [-0.25, -0.2) is 0 Å². The maximum atomic E-state index is 8.02. The van der Waals surface area contributed by atoms with Crippen LogP contribution >= 0.6 is 8.86 Å². The predicted octanol–water partition coefficient (Wildman–Crippen LogP) is 1.36. The van der Waals surface area contributed by atoms with Gasteiger partial charge in [-0.1, -0.05) is 0 Å². The summed E-state index contributed by atoms with van der Waals surface area (Å²) < 4.78 is 0. The molecule has 0 aromatic heterocycles. The average Bonchev–Trinajstić information content (AvgIpc) is 1.69. The van der Waals surface area contributed by atoms with E-state index in [-0.39, 0.29) is 0 Å². The minimum Gasteiger partial charge on any atom is -0.198 e. The van der Waals surface area contributed by atoms with Crippen LogP contribution in [0.1, 0.15) is 19.3 Å². The molecule has 0 aromatic rings. The Morgan fingerprint density at radius 1 is 1.71 bits per heavy atom. The highest BCUT2D eigenvalue weighted by Gasteiger charge is 1.79. The van der Waals surface area contributed by atoms with Gasteiger partial charge >= 0.3 is 0 Å². The van der Waals surface area contributed by atoms with Crippen LogP contribution in [0.2, 0.25) is 0 Å². The number of nitrogens with zero attached hydrogens (tertiary/aromatic N) is 1. The van der Waals surface area contributed by atoms with Crippen molar-refractivity contribution in [3.8, 4) is 6.07 Å². The lowest BCUT2D eigenvalue weighted by atomic mass is 10.3. The van der Waals surface area contributed by atoms with E-state index in [1.54, 1.807) is 0 Å². The van der Waals surface area contributed by atoms with Crippen molar-refractivity contribution in [3.05, 3.63) is 0 Å². The van der Waals surface area contributed by atoms with Crippen molar-refractivity contribution in [1.82, 2.24) is 0 Å². The van der Waals surface area contributed by atoms with Crippen LogP contribution in [0.5, 0.6) is 0 Å². The Hall–Kier alpha value is -0.340. The summed E-state index contributed by atoms with van der Waals surface area (Å²) in [6.45, 7) is 0. The third-order valence-electron chi connectivity index (χ3n) is 0.659. The summed E-state index contributed by atoms with van der Waals surface area (Å²) in [5.74, 6) is 2.00. The Morgan fingerprint density at radius 2 is 2.43 bits per heavy atom. The van der Waals surface area contributed by atoms with E-state index < -0.39 is 0 Å². The third kappa shape index (κ3) is 5.66. The van der Waals surface area contributed by atoms with Crippen molar-refractivity contribution in [2.45, 2.75) is 19.3 Å². The molecule has 0 bridgehead atoms. The molecule has 0 radical (unpaired) electrons. The molecule has 0 N–H and O–H groups in total. The molecular weight excluding hydrogens is 105 g/mol. The minimum atomic E-state index is 0.685. The van der Waals surface area contributed by atoms with Crippen molar-refractivity contribution in [2.24, 2.45) is 0 Å². The van der Waals surface area contributed by atoms with Gasteiger partial charge < -0.3 is 0 Å². The Morgan fingerprint density at radius 3 is 2.86 bits per heavy atom. The first-order valence-electron chi connectivity index (χ1n) is 2.32. The predicted molar refractivity (Wildman–Crippen MR) is 35.2 cm³/mol. The molecule has 0 saturated heterocycles. The van der Waals surface area contributed by atoms with Crippen LogP contribution in [0.4, 0.5) is 0 Å². The molecule has 38 valence electrons. The van der Waals surface area contributed by atoms with E-state index in [1.165, 1.54) is 0 Å².